The van der Waals surface area contributed by atoms with Crippen LogP contribution in [0.1, 0.15) is 17.5 Å². The molecule has 3 rings (SSSR count). The van der Waals surface area contributed by atoms with Gasteiger partial charge in [0.15, 0.2) is 0 Å². The van der Waals surface area contributed by atoms with E-state index in [2.05, 4.69) is 33.7 Å². The lowest BCUT2D eigenvalue weighted by Crippen LogP contribution is -2.13. The van der Waals surface area contributed by atoms with Crippen LogP contribution in [0.25, 0.3) is 0 Å². The zero-order chi connectivity index (χ0) is 13.1. The lowest BCUT2D eigenvalue weighted by Gasteiger charge is -2.04. The molecule has 1 aromatic carbocycles. The maximum atomic E-state index is 11.7. The number of hydrogen-bond donors (Lipinski definition) is 1. The average Bonchev–Trinajstić information content (AvgIpc) is 3.06. The fourth-order valence-electron chi connectivity index (χ4n) is 2.17. The zero-order valence-corrected chi connectivity index (χ0v) is 11.9. The first-order valence-electron chi connectivity index (χ1n) is 6.12. The number of thioether (sulfide) groups is 1. The van der Waals surface area contributed by atoms with Crippen LogP contribution in [-0.2, 0) is 17.6 Å². The fraction of sp³-hybridized carbons (Fsp3) is 0.308. The van der Waals surface area contributed by atoms with E-state index in [1.165, 1.54) is 41.7 Å². The first-order chi connectivity index (χ1) is 9.31. The molecule has 1 aliphatic carbocycles. The number of aryl methyl sites for hydroxylation is 2. The second-order valence-corrected chi connectivity index (χ2v) is 6.25. The molecule has 1 aromatic heterocycles. The molecule has 0 saturated heterocycles. The summed E-state index contributed by atoms with van der Waals surface area (Å²) in [4.78, 5) is 12.9. The Kier molecular flexibility index (Phi) is 3.79. The molecule has 0 unspecified atom stereocenters. The molecule has 0 fully saturated rings. The zero-order valence-electron chi connectivity index (χ0n) is 10.3. The van der Waals surface area contributed by atoms with E-state index in [0.29, 0.717) is 10.9 Å². The molecule has 98 valence electrons. The molecule has 6 heteroatoms. The Hall–Kier alpha value is -1.40. The predicted molar refractivity (Wildman–Crippen MR) is 77.7 cm³/mol. The predicted octanol–water partition coefficient (Wildman–Crippen LogP) is 2.76. The molecule has 1 N–H and O–H groups in total. The molecule has 0 bridgehead atoms. The van der Waals surface area contributed by atoms with E-state index in [-0.39, 0.29) is 5.91 Å². The molecule has 0 saturated carbocycles. The van der Waals surface area contributed by atoms with Gasteiger partial charge in [-0.1, -0.05) is 17.4 Å². The Morgan fingerprint density at radius 1 is 1.37 bits per heavy atom. The van der Waals surface area contributed by atoms with Gasteiger partial charge >= 0.3 is 0 Å². The standard InChI is InChI=1S/C13H13N3OS2/c17-12(15-13-16-14-8-19-13)7-18-11-5-4-9-2-1-3-10(9)6-11/h4-6,8H,1-3,7H2,(H,15,16,17). The van der Waals surface area contributed by atoms with Crippen molar-refractivity contribution in [2.24, 2.45) is 0 Å². The highest BCUT2D eigenvalue weighted by Gasteiger charge is 2.12. The van der Waals surface area contributed by atoms with Crippen molar-refractivity contribution in [1.29, 1.82) is 0 Å². The fourth-order valence-corrected chi connectivity index (χ4v) is 3.39. The number of hydrogen-bond acceptors (Lipinski definition) is 5. The van der Waals surface area contributed by atoms with Gasteiger partial charge in [-0.25, -0.2) is 0 Å². The minimum Gasteiger partial charge on any atom is -0.300 e. The maximum absolute atomic E-state index is 11.7. The van der Waals surface area contributed by atoms with Gasteiger partial charge in [0.1, 0.15) is 5.51 Å². The summed E-state index contributed by atoms with van der Waals surface area (Å²) in [6.07, 6.45) is 3.61. The van der Waals surface area contributed by atoms with Gasteiger partial charge < -0.3 is 0 Å². The minimum absolute atomic E-state index is 0.0396. The Balaban J connectivity index is 1.56. The number of nitrogens with zero attached hydrogens (tertiary/aromatic N) is 2. The van der Waals surface area contributed by atoms with E-state index >= 15 is 0 Å². The first-order valence-corrected chi connectivity index (χ1v) is 7.98. The number of benzene rings is 1. The molecular weight excluding hydrogens is 278 g/mol. The van der Waals surface area contributed by atoms with E-state index in [9.17, 15) is 4.79 Å². The number of nitrogens with one attached hydrogen (secondary N) is 1. The average molecular weight is 291 g/mol. The molecule has 0 aliphatic heterocycles. The highest BCUT2D eigenvalue weighted by Crippen LogP contribution is 2.27. The van der Waals surface area contributed by atoms with Gasteiger partial charge in [0, 0.05) is 4.90 Å². The van der Waals surface area contributed by atoms with Crippen molar-refractivity contribution in [1.82, 2.24) is 10.2 Å². The second-order valence-electron chi connectivity index (χ2n) is 4.36. The second kappa shape index (κ2) is 5.71. The maximum Gasteiger partial charge on any atom is 0.236 e. The smallest absolute Gasteiger partial charge is 0.236 e. The normalized spacial score (nSPS) is 13.3. The van der Waals surface area contributed by atoms with E-state index in [1.807, 2.05) is 0 Å². The Bertz CT molecular complexity index is 584. The molecule has 1 amide bonds. The van der Waals surface area contributed by atoms with Crippen molar-refractivity contribution in [3.63, 3.8) is 0 Å². The van der Waals surface area contributed by atoms with Crippen molar-refractivity contribution in [3.05, 3.63) is 34.8 Å². The number of carbonyl (C=O) groups excluding carboxylic acids is 1. The van der Waals surface area contributed by atoms with Gasteiger partial charge in [-0.15, -0.1) is 22.0 Å². The number of carbonyl (C=O) groups is 1. The van der Waals surface area contributed by atoms with Crippen LogP contribution in [0.3, 0.4) is 0 Å². The molecule has 0 radical (unpaired) electrons. The number of rotatable bonds is 4. The van der Waals surface area contributed by atoms with Crippen LogP contribution in [0.4, 0.5) is 5.13 Å². The highest BCUT2D eigenvalue weighted by molar-refractivity contribution is 8.00. The number of anilines is 1. The molecule has 19 heavy (non-hydrogen) atoms. The van der Waals surface area contributed by atoms with Gasteiger partial charge in [0.25, 0.3) is 0 Å². The Morgan fingerprint density at radius 3 is 3.11 bits per heavy atom. The van der Waals surface area contributed by atoms with E-state index in [4.69, 9.17) is 0 Å². The topological polar surface area (TPSA) is 54.9 Å². The highest BCUT2D eigenvalue weighted by atomic mass is 32.2. The third-order valence-electron chi connectivity index (χ3n) is 3.05. The van der Waals surface area contributed by atoms with Crippen LogP contribution < -0.4 is 5.32 Å². The van der Waals surface area contributed by atoms with Crippen LogP contribution in [0.2, 0.25) is 0 Å². The lowest BCUT2D eigenvalue weighted by atomic mass is 10.1. The first kappa shape index (κ1) is 12.6. The van der Waals surface area contributed by atoms with Crippen LogP contribution in [0, 0.1) is 0 Å². The molecule has 1 heterocycles. The molecule has 4 nitrogen and oxygen atoms in total. The molecule has 1 aliphatic rings. The Labute approximate surface area is 119 Å². The van der Waals surface area contributed by atoms with E-state index in [1.54, 1.807) is 17.3 Å². The third kappa shape index (κ3) is 3.13. The van der Waals surface area contributed by atoms with Crippen LogP contribution >= 0.6 is 23.1 Å². The summed E-state index contributed by atoms with van der Waals surface area (Å²) in [7, 11) is 0. The molecule has 0 spiro atoms. The summed E-state index contributed by atoms with van der Waals surface area (Å²) >= 11 is 2.89. The molecular formula is C13H13N3OS2. The largest absolute Gasteiger partial charge is 0.300 e. The lowest BCUT2D eigenvalue weighted by molar-refractivity contribution is -0.113. The molecule has 2 aromatic rings. The summed E-state index contributed by atoms with van der Waals surface area (Å²) in [5.74, 6) is 0.362. The summed E-state index contributed by atoms with van der Waals surface area (Å²) in [6.45, 7) is 0. The van der Waals surface area contributed by atoms with Crippen LogP contribution in [0.5, 0.6) is 0 Å². The van der Waals surface area contributed by atoms with Crippen molar-refractivity contribution in [2.45, 2.75) is 24.2 Å². The van der Waals surface area contributed by atoms with Gasteiger partial charge in [0.2, 0.25) is 11.0 Å². The van der Waals surface area contributed by atoms with Gasteiger partial charge in [-0.05, 0) is 42.5 Å². The van der Waals surface area contributed by atoms with Gasteiger partial charge in [-0.2, -0.15) is 0 Å². The SMILES string of the molecule is O=C(CSc1ccc2c(c1)CCC2)Nc1nncs1. The number of fused-ring (bicyclic) bond motifs is 1. The van der Waals surface area contributed by atoms with Gasteiger partial charge in [0.05, 0.1) is 5.75 Å². The summed E-state index contributed by atoms with van der Waals surface area (Å²) < 4.78 is 0. The van der Waals surface area contributed by atoms with E-state index < -0.39 is 0 Å². The summed E-state index contributed by atoms with van der Waals surface area (Å²) in [5, 5.41) is 10.8. The van der Waals surface area contributed by atoms with Crippen molar-refractivity contribution in [3.8, 4) is 0 Å². The minimum atomic E-state index is -0.0396. The van der Waals surface area contributed by atoms with Crippen LogP contribution in [-0.4, -0.2) is 21.9 Å². The monoisotopic (exact) mass is 291 g/mol. The van der Waals surface area contributed by atoms with Crippen LogP contribution in [0.15, 0.2) is 28.6 Å². The summed E-state index contributed by atoms with van der Waals surface area (Å²) in [6, 6.07) is 6.51. The quantitative estimate of drug-likeness (QED) is 0.880. The third-order valence-corrected chi connectivity index (χ3v) is 4.65. The van der Waals surface area contributed by atoms with Crippen molar-refractivity contribution < 1.29 is 4.79 Å². The van der Waals surface area contributed by atoms with Gasteiger partial charge in [-0.3, -0.25) is 10.1 Å². The number of aromatic nitrogens is 2. The Morgan fingerprint density at radius 2 is 2.26 bits per heavy atom. The molecule has 0 atom stereocenters. The number of amides is 1. The summed E-state index contributed by atoms with van der Waals surface area (Å²) in [5.41, 5.74) is 4.50. The van der Waals surface area contributed by atoms with E-state index in [0.717, 1.165) is 4.90 Å². The van der Waals surface area contributed by atoms with Crippen molar-refractivity contribution in [2.75, 3.05) is 11.1 Å². The van der Waals surface area contributed by atoms with Crippen molar-refractivity contribution >= 4 is 34.1 Å².